The first-order valence-corrected chi connectivity index (χ1v) is 10.3. The molecular weight excluding hydrogens is 342 g/mol. The second-order valence-electron chi connectivity index (χ2n) is 6.90. The molecule has 1 fully saturated rings. The molecule has 1 aliphatic carbocycles. The van der Waals surface area contributed by atoms with Crippen LogP contribution in [-0.4, -0.2) is 27.5 Å². The highest BCUT2D eigenvalue weighted by Crippen LogP contribution is 2.27. The summed E-state index contributed by atoms with van der Waals surface area (Å²) in [4.78, 5) is 13.1. The number of pyridine rings is 1. The van der Waals surface area contributed by atoms with Crippen LogP contribution in [0, 0.1) is 0 Å². The van der Waals surface area contributed by atoms with Gasteiger partial charge < -0.3 is 4.74 Å². The Bertz CT molecular complexity index is 844. The second-order valence-corrected chi connectivity index (χ2v) is 7.87. The van der Waals surface area contributed by atoms with E-state index in [-0.39, 0.29) is 0 Å². The molecule has 5 heteroatoms. The Labute approximate surface area is 158 Å². The van der Waals surface area contributed by atoms with E-state index in [2.05, 4.69) is 34.1 Å². The summed E-state index contributed by atoms with van der Waals surface area (Å²) in [5.74, 6) is 0.910. The molecule has 4 nitrogen and oxygen atoms in total. The van der Waals surface area contributed by atoms with Gasteiger partial charge in [-0.25, -0.2) is 0 Å². The fourth-order valence-electron chi connectivity index (χ4n) is 3.80. The maximum absolute atomic E-state index is 5.59. The van der Waals surface area contributed by atoms with Crippen molar-refractivity contribution < 1.29 is 4.74 Å². The van der Waals surface area contributed by atoms with Crippen molar-refractivity contribution in [2.75, 3.05) is 6.61 Å². The van der Waals surface area contributed by atoms with E-state index in [1.54, 1.807) is 11.3 Å². The molecule has 0 unspecified atom stereocenters. The van der Waals surface area contributed by atoms with Gasteiger partial charge in [-0.05, 0) is 44.0 Å². The second kappa shape index (κ2) is 8.14. The van der Waals surface area contributed by atoms with Crippen molar-refractivity contribution >= 4 is 22.2 Å². The van der Waals surface area contributed by atoms with Gasteiger partial charge in [-0.3, -0.25) is 14.9 Å². The SMILES string of the molecule is CCOc1ccc2nc(CN(Cc3cncs3)C3CCCC3)ccc2c1. The third kappa shape index (κ3) is 4.05. The summed E-state index contributed by atoms with van der Waals surface area (Å²) in [5.41, 5.74) is 4.10. The Morgan fingerprint density at radius 3 is 2.81 bits per heavy atom. The molecule has 2 heterocycles. The summed E-state index contributed by atoms with van der Waals surface area (Å²) < 4.78 is 5.59. The quantitative estimate of drug-likeness (QED) is 0.587. The molecule has 0 radical (unpaired) electrons. The molecule has 1 saturated carbocycles. The van der Waals surface area contributed by atoms with Crippen LogP contribution in [0.3, 0.4) is 0 Å². The first kappa shape index (κ1) is 17.4. The minimum atomic E-state index is 0.662. The summed E-state index contributed by atoms with van der Waals surface area (Å²) in [5, 5.41) is 1.13. The van der Waals surface area contributed by atoms with Gasteiger partial charge in [-0.2, -0.15) is 0 Å². The van der Waals surface area contributed by atoms with Crippen molar-refractivity contribution in [1.29, 1.82) is 0 Å². The molecule has 2 aromatic heterocycles. The van der Waals surface area contributed by atoms with Crippen molar-refractivity contribution in [2.45, 2.75) is 51.7 Å². The maximum Gasteiger partial charge on any atom is 0.120 e. The van der Waals surface area contributed by atoms with Crippen LogP contribution in [0.15, 0.2) is 42.0 Å². The van der Waals surface area contributed by atoms with Gasteiger partial charge in [0.1, 0.15) is 5.75 Å². The van der Waals surface area contributed by atoms with E-state index in [4.69, 9.17) is 9.72 Å². The van der Waals surface area contributed by atoms with Gasteiger partial charge in [0, 0.05) is 35.6 Å². The van der Waals surface area contributed by atoms with Gasteiger partial charge in [0.15, 0.2) is 0 Å². The first-order chi connectivity index (χ1) is 12.8. The molecule has 0 atom stereocenters. The Hall–Kier alpha value is -1.98. The average molecular weight is 368 g/mol. The van der Waals surface area contributed by atoms with E-state index < -0.39 is 0 Å². The van der Waals surface area contributed by atoms with E-state index in [9.17, 15) is 0 Å². The summed E-state index contributed by atoms with van der Waals surface area (Å²) in [6.07, 6.45) is 7.27. The molecule has 1 aromatic carbocycles. The lowest BCUT2D eigenvalue weighted by molar-refractivity contribution is 0.180. The van der Waals surface area contributed by atoms with Crippen LogP contribution < -0.4 is 4.74 Å². The van der Waals surface area contributed by atoms with E-state index in [0.29, 0.717) is 12.6 Å². The zero-order valence-corrected chi connectivity index (χ0v) is 16.0. The fourth-order valence-corrected chi connectivity index (χ4v) is 4.42. The van der Waals surface area contributed by atoms with Crippen LogP contribution in [-0.2, 0) is 13.1 Å². The molecule has 0 amide bonds. The van der Waals surface area contributed by atoms with Gasteiger partial charge in [0.2, 0.25) is 0 Å². The van der Waals surface area contributed by atoms with Gasteiger partial charge in [-0.1, -0.05) is 18.9 Å². The number of hydrogen-bond acceptors (Lipinski definition) is 5. The van der Waals surface area contributed by atoms with Crippen molar-refractivity contribution in [3.63, 3.8) is 0 Å². The van der Waals surface area contributed by atoms with E-state index in [0.717, 1.165) is 35.4 Å². The third-order valence-corrected chi connectivity index (χ3v) is 5.84. The molecule has 0 aliphatic heterocycles. The average Bonchev–Trinajstić information content (AvgIpc) is 3.35. The number of ether oxygens (including phenoxy) is 1. The van der Waals surface area contributed by atoms with Crippen molar-refractivity contribution in [2.24, 2.45) is 0 Å². The number of nitrogens with zero attached hydrogens (tertiary/aromatic N) is 3. The number of rotatable bonds is 7. The standard InChI is InChI=1S/C21H25N3OS/c1-2-25-19-9-10-21-16(11-19)7-8-17(23-21)13-24(18-5-3-4-6-18)14-20-12-22-15-26-20/h7-12,15,18H,2-6,13-14H2,1H3. The summed E-state index contributed by atoms with van der Waals surface area (Å²) in [7, 11) is 0. The van der Waals surface area contributed by atoms with Crippen LogP contribution in [0.1, 0.15) is 43.2 Å². The van der Waals surface area contributed by atoms with Crippen LogP contribution >= 0.6 is 11.3 Å². The Morgan fingerprint density at radius 1 is 1.15 bits per heavy atom. The molecule has 3 aromatic rings. The number of benzene rings is 1. The maximum atomic E-state index is 5.59. The highest BCUT2D eigenvalue weighted by Gasteiger charge is 2.23. The van der Waals surface area contributed by atoms with Crippen LogP contribution in [0.25, 0.3) is 10.9 Å². The molecule has 1 aliphatic rings. The first-order valence-electron chi connectivity index (χ1n) is 9.45. The lowest BCUT2D eigenvalue weighted by Crippen LogP contribution is -2.32. The largest absolute Gasteiger partial charge is 0.494 e. The lowest BCUT2D eigenvalue weighted by atomic mass is 10.1. The fraction of sp³-hybridized carbons (Fsp3) is 0.429. The molecule has 0 spiro atoms. The molecule has 26 heavy (non-hydrogen) atoms. The van der Waals surface area contributed by atoms with Crippen molar-refractivity contribution in [1.82, 2.24) is 14.9 Å². The minimum Gasteiger partial charge on any atom is -0.494 e. The molecule has 0 bridgehead atoms. The lowest BCUT2D eigenvalue weighted by Gasteiger charge is -2.28. The smallest absolute Gasteiger partial charge is 0.120 e. The van der Waals surface area contributed by atoms with Crippen molar-refractivity contribution in [3.05, 3.63) is 52.6 Å². The highest BCUT2D eigenvalue weighted by molar-refractivity contribution is 7.09. The van der Waals surface area contributed by atoms with E-state index >= 15 is 0 Å². The minimum absolute atomic E-state index is 0.662. The van der Waals surface area contributed by atoms with Crippen LogP contribution in [0.2, 0.25) is 0 Å². The highest BCUT2D eigenvalue weighted by atomic mass is 32.1. The molecule has 0 N–H and O–H groups in total. The monoisotopic (exact) mass is 367 g/mol. The Morgan fingerprint density at radius 2 is 2.04 bits per heavy atom. The number of thiazole rings is 1. The third-order valence-electron chi connectivity index (χ3n) is 5.08. The van der Waals surface area contributed by atoms with Gasteiger partial charge in [0.05, 0.1) is 23.3 Å². The predicted octanol–water partition coefficient (Wildman–Crippen LogP) is 5.03. The van der Waals surface area contributed by atoms with Gasteiger partial charge >= 0.3 is 0 Å². The van der Waals surface area contributed by atoms with Crippen LogP contribution in [0.5, 0.6) is 5.75 Å². The summed E-state index contributed by atoms with van der Waals surface area (Å²) in [6.45, 7) is 4.56. The van der Waals surface area contributed by atoms with Gasteiger partial charge in [0.25, 0.3) is 0 Å². The number of fused-ring (bicyclic) bond motifs is 1. The zero-order chi connectivity index (χ0) is 17.8. The molecular formula is C21H25N3OS. The Kier molecular flexibility index (Phi) is 5.46. The Balaban J connectivity index is 1.55. The zero-order valence-electron chi connectivity index (χ0n) is 15.2. The van der Waals surface area contributed by atoms with Crippen LogP contribution in [0.4, 0.5) is 0 Å². The molecule has 4 rings (SSSR count). The van der Waals surface area contributed by atoms with E-state index in [1.807, 2.05) is 24.7 Å². The topological polar surface area (TPSA) is 38.2 Å². The normalized spacial score (nSPS) is 15.2. The molecule has 136 valence electrons. The van der Waals surface area contributed by atoms with Crippen molar-refractivity contribution in [3.8, 4) is 5.75 Å². The molecule has 0 saturated heterocycles. The number of hydrogen-bond donors (Lipinski definition) is 0. The summed E-state index contributed by atoms with van der Waals surface area (Å²) >= 11 is 1.74. The van der Waals surface area contributed by atoms with E-state index in [1.165, 1.54) is 30.6 Å². The van der Waals surface area contributed by atoms with Gasteiger partial charge in [-0.15, -0.1) is 11.3 Å². The summed E-state index contributed by atoms with van der Waals surface area (Å²) in [6, 6.07) is 11.1. The predicted molar refractivity (Wildman–Crippen MR) is 107 cm³/mol. The number of aromatic nitrogens is 2.